The van der Waals surface area contributed by atoms with Gasteiger partial charge in [0.2, 0.25) is 0 Å². The number of carboxylic acid groups (broad SMARTS) is 1. The first-order valence-electron chi connectivity index (χ1n) is 30.2. The minimum absolute atomic E-state index is 0.0623. The molecule has 4 saturated carbocycles. The quantitative estimate of drug-likeness (QED) is 0.0631. The van der Waals surface area contributed by atoms with Crippen LogP contribution in [0.25, 0.3) is 0 Å². The first-order chi connectivity index (χ1) is 39.7. The zero-order valence-electron chi connectivity index (χ0n) is 49.5. The van der Waals surface area contributed by atoms with Gasteiger partial charge in [-0.3, -0.25) is 0 Å². The van der Waals surface area contributed by atoms with E-state index in [2.05, 4.69) is 33.8 Å². The van der Waals surface area contributed by atoms with Gasteiger partial charge in [0, 0.05) is 10.8 Å². The normalized spacial score (nSPS) is 56.2. The molecule has 0 aromatic heterocycles. The molecule has 27 nitrogen and oxygen atoms in total. The molecule has 0 aromatic rings. The first kappa shape index (κ1) is 66.1. The van der Waals surface area contributed by atoms with Crippen LogP contribution in [-0.4, -0.2) is 274 Å². The Kier molecular flexibility index (Phi) is 18.7. The number of hydrogen-bond acceptors (Lipinski definition) is 26. The molecule has 10 aliphatic rings. The zero-order chi connectivity index (χ0) is 62.2. The minimum atomic E-state index is -2.08. The summed E-state index contributed by atoms with van der Waals surface area (Å²) in [7, 11) is 0. The number of hydrogen-bond donors (Lipinski definition) is 16. The lowest BCUT2D eigenvalue weighted by Gasteiger charge is -2.72. The van der Waals surface area contributed by atoms with Gasteiger partial charge in [0.15, 0.2) is 37.6 Å². The van der Waals surface area contributed by atoms with Crippen molar-refractivity contribution in [3.8, 4) is 0 Å². The smallest absolute Gasteiger partial charge is 0.335 e. The van der Waals surface area contributed by atoms with E-state index in [1.807, 2.05) is 20.8 Å². The lowest BCUT2D eigenvalue weighted by Crippen LogP contribution is -2.69. The van der Waals surface area contributed by atoms with Crippen molar-refractivity contribution in [2.45, 2.75) is 266 Å². The predicted octanol–water partition coefficient (Wildman–Crippen LogP) is -3.40. The molecule has 0 aromatic carbocycles. The second-order valence-electron chi connectivity index (χ2n) is 28.3. The summed E-state index contributed by atoms with van der Waals surface area (Å²) in [4.78, 5) is 12.6. The summed E-state index contributed by atoms with van der Waals surface area (Å²) >= 11 is 0. The fraction of sp³-hybridized carbons (Fsp3) is 0.948. The summed E-state index contributed by atoms with van der Waals surface area (Å²) < 4.78 is 60.3. The fourth-order valence-electron chi connectivity index (χ4n) is 17.6. The highest BCUT2D eigenvalue weighted by molar-refractivity contribution is 5.73. The van der Waals surface area contributed by atoms with Crippen LogP contribution in [0.2, 0.25) is 0 Å². The maximum Gasteiger partial charge on any atom is 0.335 e. The molecule has 9 fully saturated rings. The van der Waals surface area contributed by atoms with Gasteiger partial charge >= 0.3 is 5.97 Å². The Morgan fingerprint density at radius 1 is 0.565 bits per heavy atom. The van der Waals surface area contributed by atoms with Gasteiger partial charge in [-0.15, -0.1) is 0 Å². The Balaban J connectivity index is 0.884. The first-order valence-corrected chi connectivity index (χ1v) is 30.2. The summed E-state index contributed by atoms with van der Waals surface area (Å²) in [5.74, 6) is -1.89. The van der Waals surface area contributed by atoms with E-state index in [9.17, 15) is 86.5 Å². The summed E-state index contributed by atoms with van der Waals surface area (Å²) in [5, 5.41) is 175. The molecule has 10 rings (SSSR count). The van der Waals surface area contributed by atoms with E-state index in [1.165, 1.54) is 12.5 Å². The van der Waals surface area contributed by atoms with Gasteiger partial charge in [-0.2, -0.15) is 0 Å². The van der Waals surface area contributed by atoms with E-state index in [-0.39, 0.29) is 41.8 Å². The predicted molar refractivity (Wildman–Crippen MR) is 285 cm³/mol. The monoisotopic (exact) mass is 1220 g/mol. The lowest BCUT2D eigenvalue weighted by molar-refractivity contribution is -0.387. The van der Waals surface area contributed by atoms with Crippen molar-refractivity contribution in [1.82, 2.24) is 0 Å². The number of rotatable bonds is 13. The van der Waals surface area contributed by atoms with Crippen LogP contribution in [-0.2, 0) is 52.2 Å². The van der Waals surface area contributed by atoms with E-state index in [0.717, 1.165) is 6.42 Å². The maximum absolute atomic E-state index is 12.6. The van der Waals surface area contributed by atoms with Crippen molar-refractivity contribution < 1.29 is 134 Å². The molecule has 85 heavy (non-hydrogen) atoms. The van der Waals surface area contributed by atoms with Crippen LogP contribution >= 0.6 is 0 Å². The van der Waals surface area contributed by atoms with Gasteiger partial charge < -0.3 is 129 Å². The largest absolute Gasteiger partial charge is 0.479 e. The fourth-order valence-corrected chi connectivity index (χ4v) is 17.6. The molecule has 16 N–H and O–H groups in total. The van der Waals surface area contributed by atoms with Crippen LogP contribution in [0.1, 0.15) is 107 Å². The van der Waals surface area contributed by atoms with E-state index >= 15 is 0 Å². The molecule has 0 bridgehead atoms. The lowest BCUT2D eigenvalue weighted by atomic mass is 9.33. The third-order valence-electron chi connectivity index (χ3n) is 23.2. The standard InChI is InChI=1S/C58H94O27/c1-22-31(63)34(66)38(70)49(78-22)83-43-32(64)25(61)19-77-51(43)84-44-37(69)36(68)42(47(74)75)82-52(44)80-30-12-13-55(5)28(56(30,6)21-60)11-14-58(8)29(55)10-9-23-24-17-53(2,3)45(73)46(54(24,4)15-16-57(23,58)7)85-48-40(72)41(26(62)20-76-48)81-50-39(71)35(67)33(65)27(18-59)79-50/h9,22,24-46,48-52,59-73H,10-21H2,1-8H3,(H,74,75)/t22-,24-,25-,26-,27+,28+,29+,30-,31-,32-,33+,34+,35-,36-,37-,38+,39+,40+,41-,42-,43+,44-,45-,46+,48-,49-,50-,51-,52+,54+,55-,56+,57+,58+/m0/s1. The van der Waals surface area contributed by atoms with Crippen molar-refractivity contribution in [3.63, 3.8) is 0 Å². The van der Waals surface area contributed by atoms with Crippen LogP contribution in [0.4, 0.5) is 0 Å². The Hall–Kier alpha value is -1.79. The van der Waals surface area contributed by atoms with Gasteiger partial charge in [-0.25, -0.2) is 4.79 Å². The van der Waals surface area contributed by atoms with Gasteiger partial charge in [-0.1, -0.05) is 60.1 Å². The highest BCUT2D eigenvalue weighted by Gasteiger charge is 2.71. The number of aliphatic hydroxyl groups is 15. The topological polar surface area (TPSA) is 433 Å². The molecular weight excluding hydrogens is 1130 g/mol. The van der Waals surface area contributed by atoms with E-state index in [1.54, 1.807) is 0 Å². The highest BCUT2D eigenvalue weighted by atomic mass is 16.8. The van der Waals surface area contributed by atoms with Crippen molar-refractivity contribution in [1.29, 1.82) is 0 Å². The number of fused-ring (bicyclic) bond motifs is 7. The maximum atomic E-state index is 12.6. The minimum Gasteiger partial charge on any atom is -0.479 e. The second kappa shape index (κ2) is 24.0. The van der Waals surface area contributed by atoms with Crippen LogP contribution in [0, 0.1) is 50.2 Å². The third-order valence-corrected chi connectivity index (χ3v) is 23.2. The zero-order valence-corrected chi connectivity index (χ0v) is 49.5. The Morgan fingerprint density at radius 2 is 1.18 bits per heavy atom. The second-order valence-corrected chi connectivity index (χ2v) is 28.3. The number of aliphatic carboxylic acids is 1. The molecule has 34 atom stereocenters. The van der Waals surface area contributed by atoms with E-state index in [0.29, 0.717) is 44.9 Å². The molecule has 5 saturated heterocycles. The summed E-state index contributed by atoms with van der Waals surface area (Å²) in [6.45, 7) is 14.3. The molecule has 5 aliphatic heterocycles. The Labute approximate surface area is 493 Å². The highest BCUT2D eigenvalue weighted by Crippen LogP contribution is 2.76. The van der Waals surface area contributed by atoms with Crippen molar-refractivity contribution >= 4 is 5.97 Å². The van der Waals surface area contributed by atoms with Crippen molar-refractivity contribution in [2.75, 3.05) is 26.4 Å². The average molecular weight is 1220 g/mol. The summed E-state index contributed by atoms with van der Waals surface area (Å²) in [6.07, 6.45) is -34.3. The summed E-state index contributed by atoms with van der Waals surface area (Å²) in [6, 6.07) is 0. The van der Waals surface area contributed by atoms with Gasteiger partial charge in [0.25, 0.3) is 0 Å². The molecule has 488 valence electrons. The molecule has 5 heterocycles. The molecule has 5 aliphatic carbocycles. The Bertz CT molecular complexity index is 2390. The molecule has 0 unspecified atom stereocenters. The molecule has 0 spiro atoms. The molecule has 27 heteroatoms. The van der Waals surface area contributed by atoms with Crippen molar-refractivity contribution in [3.05, 3.63) is 11.6 Å². The third kappa shape index (κ3) is 10.8. The van der Waals surface area contributed by atoms with Crippen LogP contribution in [0.15, 0.2) is 11.6 Å². The number of aliphatic hydroxyl groups excluding tert-OH is 15. The van der Waals surface area contributed by atoms with Crippen LogP contribution < -0.4 is 0 Å². The molecule has 0 radical (unpaired) electrons. The number of ether oxygens (including phenoxy) is 10. The number of allylic oxidation sites excluding steroid dienone is 2. The summed E-state index contributed by atoms with van der Waals surface area (Å²) in [5.41, 5.74) is -2.35. The van der Waals surface area contributed by atoms with E-state index < -0.39 is 200 Å². The van der Waals surface area contributed by atoms with Crippen molar-refractivity contribution in [2.24, 2.45) is 50.2 Å². The molecule has 0 amide bonds. The Morgan fingerprint density at radius 3 is 1.84 bits per heavy atom. The van der Waals surface area contributed by atoms with E-state index in [4.69, 9.17) is 47.4 Å². The number of carboxylic acids is 1. The average Bonchev–Trinajstić information content (AvgIpc) is 0.713. The van der Waals surface area contributed by atoms with Crippen LogP contribution in [0.3, 0.4) is 0 Å². The van der Waals surface area contributed by atoms with Gasteiger partial charge in [-0.05, 0) is 97.7 Å². The molecular formula is C58H94O27. The van der Waals surface area contributed by atoms with Gasteiger partial charge in [0.1, 0.15) is 97.7 Å². The van der Waals surface area contributed by atoms with Gasteiger partial charge in [0.05, 0.1) is 50.8 Å². The van der Waals surface area contributed by atoms with Crippen LogP contribution in [0.5, 0.6) is 0 Å². The number of carbonyl (C=O) groups is 1. The SMILES string of the molecule is C[C@@H]1O[C@@H](O[C@H]2[C@H](O[C@@H]3[C@H](O[C@H]4CC[C@@]5(C)[C@@H](CC[C@]6(C)[C@@H]5CC=C5[C@@H]7CC(C)(C)[C@@H](O)[C@@H](O[C@@H]8OC[C@H](O)[C@H](O[C@@H]9O[C@H](CO)[C@@H](O)[C@H](O)[C@H]9O)[C@H]8O)[C@]7(C)CC[C@]56C)[C@@]4(C)CO)O[C@H](C(=O)O)[C@@H](O)[C@@H]3O)OC[C@H](O)[C@@H]2O)[C@H](O)[C@H](O)[C@H]1O.